The standard InChI is InChI=1S/C11H13IN4S/c1-3-4-14-11-9(12)7(2)15-10(16-11)8-5-13-6-17-8/h5-6H,3-4H2,1-2H3,(H,14,15,16). The molecular weight excluding hydrogens is 347 g/mol. The van der Waals surface area contributed by atoms with E-state index in [9.17, 15) is 0 Å². The summed E-state index contributed by atoms with van der Waals surface area (Å²) >= 11 is 3.84. The number of hydrogen-bond donors (Lipinski definition) is 1. The van der Waals surface area contributed by atoms with E-state index in [0.29, 0.717) is 0 Å². The quantitative estimate of drug-likeness (QED) is 0.850. The van der Waals surface area contributed by atoms with Gasteiger partial charge < -0.3 is 5.32 Å². The molecule has 6 heteroatoms. The summed E-state index contributed by atoms with van der Waals surface area (Å²) < 4.78 is 1.09. The zero-order valence-corrected chi connectivity index (χ0v) is 12.7. The first-order valence-electron chi connectivity index (χ1n) is 5.39. The number of hydrogen-bond acceptors (Lipinski definition) is 5. The van der Waals surface area contributed by atoms with Crippen LogP contribution in [0.4, 0.5) is 5.82 Å². The highest BCUT2D eigenvalue weighted by atomic mass is 127. The van der Waals surface area contributed by atoms with Gasteiger partial charge in [0.15, 0.2) is 5.82 Å². The Hall–Kier alpha value is -0.760. The number of aromatic nitrogens is 3. The van der Waals surface area contributed by atoms with E-state index in [-0.39, 0.29) is 0 Å². The largest absolute Gasteiger partial charge is 0.369 e. The first-order valence-corrected chi connectivity index (χ1v) is 7.35. The Morgan fingerprint density at radius 1 is 1.41 bits per heavy atom. The van der Waals surface area contributed by atoms with Gasteiger partial charge in [0.1, 0.15) is 5.82 Å². The van der Waals surface area contributed by atoms with Crippen molar-refractivity contribution in [3.8, 4) is 10.7 Å². The van der Waals surface area contributed by atoms with E-state index in [2.05, 4.69) is 49.8 Å². The van der Waals surface area contributed by atoms with Gasteiger partial charge in [-0.1, -0.05) is 6.92 Å². The highest BCUT2D eigenvalue weighted by Gasteiger charge is 2.11. The Bertz CT molecular complexity index is 498. The lowest BCUT2D eigenvalue weighted by molar-refractivity contribution is 0.958. The van der Waals surface area contributed by atoms with Crippen molar-refractivity contribution in [2.45, 2.75) is 20.3 Å². The third-order valence-corrected chi connectivity index (χ3v) is 4.27. The molecule has 0 amide bonds. The molecule has 0 spiro atoms. The second kappa shape index (κ2) is 5.72. The fourth-order valence-electron chi connectivity index (χ4n) is 1.36. The lowest BCUT2D eigenvalue weighted by atomic mass is 10.3. The van der Waals surface area contributed by atoms with Crippen LogP contribution >= 0.6 is 33.9 Å². The fourth-order valence-corrected chi connectivity index (χ4v) is 2.34. The van der Waals surface area contributed by atoms with Crippen LogP contribution < -0.4 is 5.32 Å². The molecule has 4 nitrogen and oxygen atoms in total. The Morgan fingerprint density at radius 2 is 2.24 bits per heavy atom. The van der Waals surface area contributed by atoms with Crippen molar-refractivity contribution in [3.05, 3.63) is 21.0 Å². The molecule has 0 aliphatic heterocycles. The molecule has 0 atom stereocenters. The number of anilines is 1. The number of nitrogens with zero attached hydrogens (tertiary/aromatic N) is 3. The molecule has 0 saturated heterocycles. The second-order valence-electron chi connectivity index (χ2n) is 3.59. The van der Waals surface area contributed by atoms with Crippen LogP contribution in [0.5, 0.6) is 0 Å². The van der Waals surface area contributed by atoms with Gasteiger partial charge in [-0.25, -0.2) is 9.97 Å². The van der Waals surface area contributed by atoms with Crippen molar-refractivity contribution in [3.63, 3.8) is 0 Å². The van der Waals surface area contributed by atoms with Crippen molar-refractivity contribution in [2.75, 3.05) is 11.9 Å². The molecule has 0 aliphatic rings. The summed E-state index contributed by atoms with van der Waals surface area (Å²) in [6.07, 6.45) is 2.88. The molecule has 90 valence electrons. The Kier molecular flexibility index (Phi) is 4.27. The first-order chi connectivity index (χ1) is 8.22. The lowest BCUT2D eigenvalue weighted by Gasteiger charge is -2.09. The van der Waals surface area contributed by atoms with Crippen molar-refractivity contribution in [1.29, 1.82) is 0 Å². The Labute approximate surface area is 118 Å². The molecule has 2 rings (SSSR count). The fraction of sp³-hybridized carbons (Fsp3) is 0.364. The summed E-state index contributed by atoms with van der Waals surface area (Å²) in [6.45, 7) is 5.07. The van der Waals surface area contributed by atoms with E-state index in [4.69, 9.17) is 0 Å². The molecule has 0 aromatic carbocycles. The number of halogens is 1. The Balaban J connectivity index is 2.39. The monoisotopic (exact) mass is 360 g/mol. The van der Waals surface area contributed by atoms with Crippen LogP contribution in [0.1, 0.15) is 19.0 Å². The van der Waals surface area contributed by atoms with E-state index in [1.165, 1.54) is 0 Å². The molecule has 0 saturated carbocycles. The number of rotatable bonds is 4. The van der Waals surface area contributed by atoms with Gasteiger partial charge in [-0.3, -0.25) is 4.98 Å². The summed E-state index contributed by atoms with van der Waals surface area (Å²) in [7, 11) is 0. The summed E-state index contributed by atoms with van der Waals surface area (Å²) in [4.78, 5) is 14.1. The minimum atomic E-state index is 0.754. The van der Waals surface area contributed by atoms with Crippen molar-refractivity contribution < 1.29 is 0 Å². The van der Waals surface area contributed by atoms with Crippen LogP contribution in [0.3, 0.4) is 0 Å². The summed E-state index contributed by atoms with van der Waals surface area (Å²) in [5.74, 6) is 1.67. The van der Waals surface area contributed by atoms with E-state index >= 15 is 0 Å². The van der Waals surface area contributed by atoms with Crippen LogP contribution in [0.2, 0.25) is 0 Å². The minimum Gasteiger partial charge on any atom is -0.369 e. The molecule has 2 heterocycles. The second-order valence-corrected chi connectivity index (χ2v) is 5.55. The minimum absolute atomic E-state index is 0.754. The maximum absolute atomic E-state index is 4.55. The zero-order chi connectivity index (χ0) is 12.3. The van der Waals surface area contributed by atoms with Crippen LogP contribution in [-0.4, -0.2) is 21.5 Å². The predicted molar refractivity (Wildman–Crippen MR) is 79.4 cm³/mol. The van der Waals surface area contributed by atoms with Gasteiger partial charge >= 0.3 is 0 Å². The average molecular weight is 360 g/mol. The summed E-state index contributed by atoms with van der Waals surface area (Å²) in [5, 5.41) is 3.33. The molecule has 2 aromatic heterocycles. The molecule has 0 bridgehead atoms. The van der Waals surface area contributed by atoms with Gasteiger partial charge in [-0.2, -0.15) is 0 Å². The van der Waals surface area contributed by atoms with Gasteiger partial charge in [-0.05, 0) is 35.9 Å². The molecule has 0 aliphatic carbocycles. The van der Waals surface area contributed by atoms with Crippen molar-refractivity contribution in [2.24, 2.45) is 0 Å². The predicted octanol–water partition coefficient (Wildman–Crippen LogP) is 3.34. The summed E-state index contributed by atoms with van der Waals surface area (Å²) in [5.41, 5.74) is 2.80. The number of aryl methyl sites for hydroxylation is 1. The van der Waals surface area contributed by atoms with Crippen LogP contribution in [0, 0.1) is 10.5 Å². The van der Waals surface area contributed by atoms with Gasteiger partial charge in [-0.15, -0.1) is 11.3 Å². The first kappa shape index (κ1) is 12.7. The summed E-state index contributed by atoms with van der Waals surface area (Å²) in [6, 6.07) is 0. The smallest absolute Gasteiger partial charge is 0.173 e. The molecule has 0 fully saturated rings. The van der Waals surface area contributed by atoms with E-state index < -0.39 is 0 Å². The van der Waals surface area contributed by atoms with Gasteiger partial charge in [0.05, 0.1) is 19.7 Å². The van der Waals surface area contributed by atoms with Gasteiger partial charge in [0, 0.05) is 12.7 Å². The van der Waals surface area contributed by atoms with Crippen LogP contribution in [-0.2, 0) is 0 Å². The van der Waals surface area contributed by atoms with Crippen molar-refractivity contribution >= 4 is 39.7 Å². The highest BCUT2D eigenvalue weighted by molar-refractivity contribution is 14.1. The van der Waals surface area contributed by atoms with E-state index in [1.54, 1.807) is 23.0 Å². The van der Waals surface area contributed by atoms with Crippen LogP contribution in [0.15, 0.2) is 11.7 Å². The topological polar surface area (TPSA) is 50.7 Å². The third kappa shape index (κ3) is 2.92. The van der Waals surface area contributed by atoms with Gasteiger partial charge in [0.2, 0.25) is 0 Å². The SMILES string of the molecule is CCCNc1nc(-c2cncs2)nc(C)c1I. The molecule has 0 radical (unpaired) electrons. The molecular formula is C11H13IN4S. The van der Waals surface area contributed by atoms with Gasteiger partial charge in [0.25, 0.3) is 0 Å². The molecule has 2 aromatic rings. The maximum Gasteiger partial charge on any atom is 0.173 e. The van der Waals surface area contributed by atoms with Crippen molar-refractivity contribution in [1.82, 2.24) is 15.0 Å². The maximum atomic E-state index is 4.55. The van der Waals surface area contributed by atoms with E-state index in [1.807, 2.05) is 6.92 Å². The third-order valence-electron chi connectivity index (χ3n) is 2.21. The normalized spacial score (nSPS) is 10.5. The average Bonchev–Trinajstić information content (AvgIpc) is 2.84. The molecule has 1 N–H and O–H groups in total. The zero-order valence-electron chi connectivity index (χ0n) is 9.70. The Morgan fingerprint density at radius 3 is 2.88 bits per heavy atom. The van der Waals surface area contributed by atoms with Crippen LogP contribution in [0.25, 0.3) is 10.7 Å². The molecule has 0 unspecified atom stereocenters. The number of nitrogens with one attached hydrogen (secondary N) is 1. The number of thiazole rings is 1. The van der Waals surface area contributed by atoms with E-state index in [0.717, 1.165) is 38.7 Å². The molecule has 17 heavy (non-hydrogen) atoms. The highest BCUT2D eigenvalue weighted by Crippen LogP contribution is 2.25. The lowest BCUT2D eigenvalue weighted by Crippen LogP contribution is -2.07.